The van der Waals surface area contributed by atoms with Gasteiger partial charge in [0.05, 0.1) is 14.7 Å². The largest absolute Gasteiger partial charge is 0.313 e. The first-order valence-electron chi connectivity index (χ1n) is 4.23. The number of aromatic nitrogens is 2. The molecule has 1 aromatic heterocycles. The summed E-state index contributed by atoms with van der Waals surface area (Å²) in [6, 6.07) is 4.74. The Morgan fingerprint density at radius 2 is 2.25 bits per heavy atom. The number of nitrogens with zero attached hydrogens (tertiary/aromatic N) is 3. The third kappa shape index (κ3) is 2.03. The van der Waals surface area contributed by atoms with Crippen molar-refractivity contribution >= 4 is 39.9 Å². The minimum atomic E-state index is -0.508. The summed E-state index contributed by atoms with van der Waals surface area (Å²) in [6.45, 7) is 0. The number of benzene rings is 1. The van der Waals surface area contributed by atoms with Crippen LogP contribution in [0.3, 0.4) is 0 Å². The van der Waals surface area contributed by atoms with Crippen molar-refractivity contribution in [3.63, 3.8) is 0 Å². The fourth-order valence-electron chi connectivity index (χ4n) is 1.30. The lowest BCUT2D eigenvalue weighted by Gasteiger charge is -2.03. The molecule has 0 unspecified atom stereocenters. The van der Waals surface area contributed by atoms with E-state index in [2.05, 4.69) is 27.7 Å². The van der Waals surface area contributed by atoms with Gasteiger partial charge in [0.25, 0.3) is 0 Å². The summed E-state index contributed by atoms with van der Waals surface area (Å²) in [5, 5.41) is 15.0. The molecule has 1 heterocycles. The molecule has 0 atom stereocenters. The highest BCUT2D eigenvalue weighted by Gasteiger charge is 2.20. The first kappa shape index (κ1) is 11.3. The van der Waals surface area contributed by atoms with E-state index in [-0.39, 0.29) is 10.7 Å². The second-order valence-corrected chi connectivity index (χ2v) is 4.62. The van der Waals surface area contributed by atoms with Crippen LogP contribution in [0.2, 0.25) is 5.02 Å². The summed E-state index contributed by atoms with van der Waals surface area (Å²) in [5.74, 6) is 0. The van der Waals surface area contributed by atoms with E-state index in [1.54, 1.807) is 24.5 Å². The van der Waals surface area contributed by atoms with Gasteiger partial charge in [-0.05, 0) is 34.7 Å². The second kappa shape index (κ2) is 4.38. The van der Waals surface area contributed by atoms with E-state index in [1.165, 1.54) is 10.7 Å². The van der Waals surface area contributed by atoms with Crippen LogP contribution in [0.4, 0.5) is 5.69 Å². The molecule has 0 bridgehead atoms. The Balaban J connectivity index is 2.65. The minimum Gasteiger partial charge on any atom is -0.258 e. The second-order valence-electron chi connectivity index (χ2n) is 2.97. The molecule has 0 fully saturated rings. The van der Waals surface area contributed by atoms with Gasteiger partial charge in [0.1, 0.15) is 10.7 Å². The monoisotopic (exact) mass is 349 g/mol. The van der Waals surface area contributed by atoms with Crippen molar-refractivity contribution < 1.29 is 4.92 Å². The zero-order valence-corrected chi connectivity index (χ0v) is 10.7. The van der Waals surface area contributed by atoms with Gasteiger partial charge in [-0.2, -0.15) is 5.10 Å². The van der Waals surface area contributed by atoms with Crippen molar-refractivity contribution in [3.05, 3.63) is 49.3 Å². The highest BCUT2D eigenvalue weighted by molar-refractivity contribution is 14.1. The van der Waals surface area contributed by atoms with Crippen LogP contribution in [-0.4, -0.2) is 14.7 Å². The quantitative estimate of drug-likeness (QED) is 0.476. The summed E-state index contributed by atoms with van der Waals surface area (Å²) in [6.07, 6.45) is 3.31. The molecule has 16 heavy (non-hydrogen) atoms. The van der Waals surface area contributed by atoms with Gasteiger partial charge < -0.3 is 0 Å². The molecule has 0 aliphatic heterocycles. The van der Waals surface area contributed by atoms with Crippen LogP contribution in [0, 0.1) is 13.7 Å². The Labute approximate surface area is 109 Å². The molecule has 5 nitrogen and oxygen atoms in total. The predicted molar refractivity (Wildman–Crippen MR) is 67.9 cm³/mol. The molecular formula is C9H5ClIN3O2. The zero-order valence-electron chi connectivity index (χ0n) is 7.80. The highest BCUT2D eigenvalue weighted by Crippen LogP contribution is 2.30. The zero-order chi connectivity index (χ0) is 11.7. The molecule has 0 aliphatic rings. The maximum atomic E-state index is 10.9. The van der Waals surface area contributed by atoms with Gasteiger partial charge in [-0.25, -0.2) is 4.68 Å². The first-order chi connectivity index (χ1) is 7.59. The minimum absolute atomic E-state index is 0.105. The van der Waals surface area contributed by atoms with E-state index in [0.717, 1.165) is 3.57 Å². The number of hydrogen-bond donors (Lipinski definition) is 0. The van der Waals surface area contributed by atoms with Crippen molar-refractivity contribution in [2.24, 2.45) is 0 Å². The molecule has 82 valence electrons. The van der Waals surface area contributed by atoms with Crippen molar-refractivity contribution in [2.75, 3.05) is 0 Å². The van der Waals surface area contributed by atoms with E-state index in [0.29, 0.717) is 5.69 Å². The van der Waals surface area contributed by atoms with Crippen LogP contribution < -0.4 is 0 Å². The number of nitro groups is 1. The summed E-state index contributed by atoms with van der Waals surface area (Å²) >= 11 is 7.88. The Kier molecular flexibility index (Phi) is 3.10. The van der Waals surface area contributed by atoms with Crippen molar-refractivity contribution in [3.8, 4) is 5.69 Å². The van der Waals surface area contributed by atoms with Crippen LogP contribution in [-0.2, 0) is 0 Å². The lowest BCUT2D eigenvalue weighted by molar-refractivity contribution is -0.384. The average molecular weight is 350 g/mol. The predicted octanol–water partition coefficient (Wildman–Crippen LogP) is 3.04. The average Bonchev–Trinajstić information content (AvgIpc) is 2.63. The van der Waals surface area contributed by atoms with E-state index < -0.39 is 4.92 Å². The lowest BCUT2D eigenvalue weighted by Crippen LogP contribution is -2.00. The summed E-state index contributed by atoms with van der Waals surface area (Å²) in [7, 11) is 0. The summed E-state index contributed by atoms with van der Waals surface area (Å²) < 4.78 is 2.33. The molecule has 0 amide bonds. The Hall–Kier alpha value is -1.15. The fraction of sp³-hybridized carbons (Fsp3) is 0. The van der Waals surface area contributed by atoms with Crippen LogP contribution in [0.15, 0.2) is 30.6 Å². The van der Waals surface area contributed by atoms with Crippen LogP contribution in [0.5, 0.6) is 0 Å². The molecule has 0 N–H and O–H groups in total. The molecule has 0 saturated carbocycles. The van der Waals surface area contributed by atoms with Gasteiger partial charge in [-0.15, -0.1) is 0 Å². The number of para-hydroxylation sites is 1. The topological polar surface area (TPSA) is 61.0 Å². The maximum Gasteiger partial charge on any atom is 0.313 e. The SMILES string of the molecule is O=[N+]([O-])c1c(Cl)cccc1-n1cc(I)cn1. The first-order valence-corrected chi connectivity index (χ1v) is 5.68. The van der Waals surface area contributed by atoms with Crippen molar-refractivity contribution in [1.82, 2.24) is 9.78 Å². The molecule has 7 heteroatoms. The van der Waals surface area contributed by atoms with Gasteiger partial charge in [0, 0.05) is 6.20 Å². The van der Waals surface area contributed by atoms with Gasteiger partial charge >= 0.3 is 5.69 Å². The molecule has 1 aromatic carbocycles. The van der Waals surface area contributed by atoms with Crippen LogP contribution in [0.1, 0.15) is 0 Å². The molecule has 2 rings (SSSR count). The number of halogens is 2. The Morgan fingerprint density at radius 3 is 2.81 bits per heavy atom. The van der Waals surface area contributed by atoms with Gasteiger partial charge in [0.2, 0.25) is 0 Å². The van der Waals surface area contributed by atoms with E-state index >= 15 is 0 Å². The van der Waals surface area contributed by atoms with Crippen LogP contribution in [0.25, 0.3) is 5.69 Å². The van der Waals surface area contributed by atoms with Gasteiger partial charge in [-0.3, -0.25) is 10.1 Å². The van der Waals surface area contributed by atoms with E-state index in [1.807, 2.05) is 0 Å². The molecule has 0 aliphatic carbocycles. The van der Waals surface area contributed by atoms with E-state index in [9.17, 15) is 10.1 Å². The van der Waals surface area contributed by atoms with Gasteiger partial charge in [-0.1, -0.05) is 17.7 Å². The van der Waals surface area contributed by atoms with Crippen LogP contribution >= 0.6 is 34.2 Å². The number of rotatable bonds is 2. The van der Waals surface area contributed by atoms with Gasteiger partial charge in [0.15, 0.2) is 0 Å². The Morgan fingerprint density at radius 1 is 1.50 bits per heavy atom. The van der Waals surface area contributed by atoms with Crippen molar-refractivity contribution in [1.29, 1.82) is 0 Å². The van der Waals surface area contributed by atoms with Crippen molar-refractivity contribution in [2.45, 2.75) is 0 Å². The number of hydrogen-bond acceptors (Lipinski definition) is 3. The highest BCUT2D eigenvalue weighted by atomic mass is 127. The third-order valence-electron chi connectivity index (χ3n) is 1.95. The molecule has 0 spiro atoms. The molecule has 2 aromatic rings. The maximum absolute atomic E-state index is 10.9. The molecular weight excluding hydrogens is 344 g/mol. The molecule has 0 radical (unpaired) electrons. The van der Waals surface area contributed by atoms with E-state index in [4.69, 9.17) is 11.6 Å². The normalized spacial score (nSPS) is 10.4. The summed E-state index contributed by atoms with van der Waals surface area (Å²) in [4.78, 5) is 10.4. The summed E-state index contributed by atoms with van der Waals surface area (Å²) in [5.41, 5.74) is 0.226. The molecule has 0 saturated heterocycles. The smallest absolute Gasteiger partial charge is 0.258 e. The lowest BCUT2D eigenvalue weighted by atomic mass is 10.2. The Bertz CT molecular complexity index is 555. The standard InChI is InChI=1S/C9H5ClIN3O2/c10-7-2-1-3-8(9(7)14(15)16)13-5-6(11)4-12-13/h1-5H. The number of nitro benzene ring substituents is 1. The third-order valence-corrected chi connectivity index (χ3v) is 2.81. The fourth-order valence-corrected chi connectivity index (χ4v) is 1.93.